The summed E-state index contributed by atoms with van der Waals surface area (Å²) in [5, 5.41) is 10.6. The van der Waals surface area contributed by atoms with E-state index < -0.39 is 8.32 Å². The molecule has 0 aliphatic heterocycles. The quantitative estimate of drug-likeness (QED) is 0.186. The summed E-state index contributed by atoms with van der Waals surface area (Å²) in [7, 11) is 2.96. The standard InChI is InChI=1S/C34H48O6Si/c1-34(2,3)41(7,8)40-24-27(19-29(22-35)28-15-17-30(36-4)33(21-28)38-6)18-26-14-16-31(32(20-26)37-5)39-23-25-12-10-9-11-13-25/h9-17,20-21,27,29,35H,18-19,22-24H2,1-8H3/t27-,29?/m1/s1. The Morgan fingerprint density at radius 2 is 1.39 bits per heavy atom. The average Bonchev–Trinajstić information content (AvgIpc) is 2.97. The van der Waals surface area contributed by atoms with Gasteiger partial charge in [0.2, 0.25) is 0 Å². The van der Waals surface area contributed by atoms with Crippen LogP contribution >= 0.6 is 0 Å². The lowest BCUT2D eigenvalue weighted by molar-refractivity contribution is 0.189. The molecule has 0 radical (unpaired) electrons. The Morgan fingerprint density at radius 1 is 0.756 bits per heavy atom. The molecule has 41 heavy (non-hydrogen) atoms. The highest BCUT2D eigenvalue weighted by Crippen LogP contribution is 2.39. The van der Waals surface area contributed by atoms with Crippen LogP contribution in [0.15, 0.2) is 66.7 Å². The summed E-state index contributed by atoms with van der Waals surface area (Å²) in [6.07, 6.45) is 1.54. The molecule has 0 saturated carbocycles. The highest BCUT2D eigenvalue weighted by atomic mass is 28.4. The molecule has 0 bridgehead atoms. The molecular weight excluding hydrogens is 532 g/mol. The normalized spacial score (nSPS) is 13.4. The predicted molar refractivity (Wildman–Crippen MR) is 168 cm³/mol. The maximum absolute atomic E-state index is 10.5. The maximum atomic E-state index is 10.5. The van der Waals surface area contributed by atoms with Gasteiger partial charge in [-0.2, -0.15) is 0 Å². The Labute approximate surface area is 247 Å². The van der Waals surface area contributed by atoms with Crippen molar-refractivity contribution in [3.05, 3.63) is 83.4 Å². The molecule has 7 heteroatoms. The van der Waals surface area contributed by atoms with Crippen molar-refractivity contribution in [2.75, 3.05) is 34.5 Å². The zero-order valence-electron chi connectivity index (χ0n) is 26.0. The minimum Gasteiger partial charge on any atom is -0.493 e. The van der Waals surface area contributed by atoms with Gasteiger partial charge in [0, 0.05) is 19.1 Å². The van der Waals surface area contributed by atoms with E-state index in [1.54, 1.807) is 21.3 Å². The number of rotatable bonds is 15. The van der Waals surface area contributed by atoms with Crippen molar-refractivity contribution in [2.24, 2.45) is 5.92 Å². The Morgan fingerprint density at radius 3 is 2.00 bits per heavy atom. The third-order valence-electron chi connectivity index (χ3n) is 8.19. The molecule has 3 aromatic rings. The Kier molecular flexibility index (Phi) is 11.7. The molecule has 0 aromatic heterocycles. The largest absolute Gasteiger partial charge is 0.493 e. The smallest absolute Gasteiger partial charge is 0.191 e. The third kappa shape index (κ3) is 8.99. The molecule has 0 amide bonds. The van der Waals surface area contributed by atoms with Crippen LogP contribution in [0, 0.1) is 5.92 Å². The van der Waals surface area contributed by atoms with Crippen molar-refractivity contribution in [2.45, 2.75) is 64.3 Å². The van der Waals surface area contributed by atoms with Crippen molar-refractivity contribution in [3.63, 3.8) is 0 Å². The van der Waals surface area contributed by atoms with Crippen LogP contribution in [0.4, 0.5) is 0 Å². The molecule has 3 rings (SSSR count). The van der Waals surface area contributed by atoms with Crippen molar-refractivity contribution < 1.29 is 28.5 Å². The molecule has 0 heterocycles. The zero-order valence-corrected chi connectivity index (χ0v) is 27.0. The molecule has 0 spiro atoms. The van der Waals surface area contributed by atoms with Crippen LogP contribution < -0.4 is 18.9 Å². The van der Waals surface area contributed by atoms with Gasteiger partial charge in [0.25, 0.3) is 0 Å². The minimum absolute atomic E-state index is 0.0294. The van der Waals surface area contributed by atoms with Crippen molar-refractivity contribution in [1.82, 2.24) is 0 Å². The number of aliphatic hydroxyl groups is 1. The average molecular weight is 581 g/mol. The van der Waals surface area contributed by atoms with Gasteiger partial charge in [-0.3, -0.25) is 0 Å². The van der Waals surface area contributed by atoms with Gasteiger partial charge in [-0.05, 0) is 77.8 Å². The molecule has 1 N–H and O–H groups in total. The van der Waals surface area contributed by atoms with Gasteiger partial charge in [0.1, 0.15) is 6.61 Å². The number of methoxy groups -OCH3 is 3. The topological polar surface area (TPSA) is 66.4 Å². The van der Waals surface area contributed by atoms with Crippen molar-refractivity contribution in [1.29, 1.82) is 0 Å². The Hall–Kier alpha value is -3.00. The van der Waals surface area contributed by atoms with Gasteiger partial charge >= 0.3 is 0 Å². The summed E-state index contributed by atoms with van der Waals surface area (Å²) in [5.74, 6) is 2.86. The second-order valence-corrected chi connectivity index (χ2v) is 16.9. The summed E-state index contributed by atoms with van der Waals surface area (Å²) < 4.78 is 29.5. The van der Waals surface area contributed by atoms with Crippen molar-refractivity contribution >= 4 is 8.32 Å². The van der Waals surface area contributed by atoms with Crippen molar-refractivity contribution in [3.8, 4) is 23.0 Å². The maximum Gasteiger partial charge on any atom is 0.191 e. The molecule has 3 aromatic carbocycles. The van der Waals surface area contributed by atoms with Crippen LogP contribution in [0.2, 0.25) is 18.1 Å². The first-order valence-electron chi connectivity index (χ1n) is 14.3. The van der Waals surface area contributed by atoms with Crippen LogP contribution in [0.5, 0.6) is 23.0 Å². The lowest BCUT2D eigenvalue weighted by Crippen LogP contribution is -2.42. The fraction of sp³-hybridized carbons (Fsp3) is 0.471. The summed E-state index contributed by atoms with van der Waals surface area (Å²) in [5.41, 5.74) is 3.26. The van der Waals surface area contributed by atoms with E-state index in [9.17, 15) is 5.11 Å². The predicted octanol–water partition coefficient (Wildman–Crippen LogP) is 7.64. The summed E-state index contributed by atoms with van der Waals surface area (Å²) in [6, 6.07) is 22.1. The molecule has 1 unspecified atom stereocenters. The van der Waals surface area contributed by atoms with Gasteiger partial charge in [-0.1, -0.05) is 63.2 Å². The van der Waals surface area contributed by atoms with Crippen LogP contribution in [0.3, 0.4) is 0 Å². The first-order valence-corrected chi connectivity index (χ1v) is 17.2. The van der Waals surface area contributed by atoms with E-state index in [1.165, 1.54) is 0 Å². The van der Waals surface area contributed by atoms with E-state index in [2.05, 4.69) is 46.0 Å². The van der Waals surface area contributed by atoms with Crippen LogP contribution in [0.25, 0.3) is 0 Å². The highest BCUT2D eigenvalue weighted by Gasteiger charge is 2.37. The van der Waals surface area contributed by atoms with Gasteiger partial charge in [-0.25, -0.2) is 0 Å². The van der Waals surface area contributed by atoms with E-state index in [0.29, 0.717) is 36.2 Å². The lowest BCUT2D eigenvalue weighted by atomic mass is 9.86. The fourth-order valence-corrected chi connectivity index (χ4v) is 5.69. The zero-order chi connectivity index (χ0) is 30.0. The minimum atomic E-state index is -1.97. The molecule has 6 nitrogen and oxygen atoms in total. The molecule has 0 aliphatic rings. The van der Waals surface area contributed by atoms with Gasteiger partial charge < -0.3 is 28.5 Å². The van der Waals surface area contributed by atoms with E-state index in [-0.39, 0.29) is 23.5 Å². The molecule has 2 atom stereocenters. The molecule has 0 fully saturated rings. The Bertz CT molecular complexity index is 1220. The van der Waals surface area contributed by atoms with Gasteiger partial charge in [-0.15, -0.1) is 0 Å². The summed E-state index contributed by atoms with van der Waals surface area (Å²) in [4.78, 5) is 0. The highest BCUT2D eigenvalue weighted by molar-refractivity contribution is 6.74. The number of benzene rings is 3. The molecule has 0 saturated heterocycles. The van der Waals surface area contributed by atoms with Crippen LogP contribution in [0.1, 0.15) is 49.8 Å². The van der Waals surface area contributed by atoms with E-state index in [1.807, 2.05) is 54.6 Å². The first-order chi connectivity index (χ1) is 19.5. The SMILES string of the molecule is COc1ccc(C(CO)C[C@H](CO[Si](C)(C)C(C)(C)C)Cc2ccc(OCc3ccccc3)c(OC)c2)cc1OC. The lowest BCUT2D eigenvalue weighted by Gasteiger charge is -2.37. The third-order valence-corrected chi connectivity index (χ3v) is 12.7. The Balaban J connectivity index is 1.83. The number of hydrogen-bond donors (Lipinski definition) is 1. The van der Waals surface area contributed by atoms with E-state index in [0.717, 1.165) is 29.5 Å². The monoisotopic (exact) mass is 580 g/mol. The van der Waals surface area contributed by atoms with E-state index >= 15 is 0 Å². The summed E-state index contributed by atoms with van der Waals surface area (Å²) >= 11 is 0. The summed E-state index contributed by atoms with van der Waals surface area (Å²) in [6.45, 7) is 12.5. The van der Waals surface area contributed by atoms with Crippen LogP contribution in [-0.2, 0) is 17.5 Å². The first kappa shape index (κ1) is 32.5. The second kappa shape index (κ2) is 14.8. The second-order valence-electron chi connectivity index (χ2n) is 12.1. The molecule has 224 valence electrons. The molecule has 0 aliphatic carbocycles. The van der Waals surface area contributed by atoms with Gasteiger partial charge in [0.15, 0.2) is 31.3 Å². The van der Waals surface area contributed by atoms with Crippen LogP contribution in [-0.4, -0.2) is 48.0 Å². The fourth-order valence-electron chi connectivity index (χ4n) is 4.61. The number of aliphatic hydroxyl groups excluding tert-OH is 1. The van der Waals surface area contributed by atoms with Gasteiger partial charge in [0.05, 0.1) is 21.3 Å². The van der Waals surface area contributed by atoms with E-state index in [4.69, 9.17) is 23.4 Å². The number of hydrogen-bond acceptors (Lipinski definition) is 6. The number of ether oxygens (including phenoxy) is 4. The molecular formula is C34H48O6Si.